The maximum Gasteiger partial charge on any atom is 0.161 e. The SMILES string of the molecule is CCCc1cccc(N(CCCN2CCCCC2)CC(O)CCc2ccc(OCC)c(OCC)c2)c1. The summed E-state index contributed by atoms with van der Waals surface area (Å²) in [4.78, 5) is 5.01. The van der Waals surface area contributed by atoms with Crippen molar-refractivity contribution in [1.29, 1.82) is 0 Å². The highest BCUT2D eigenvalue weighted by atomic mass is 16.5. The van der Waals surface area contributed by atoms with Gasteiger partial charge in [-0.05, 0) is 107 Å². The van der Waals surface area contributed by atoms with E-state index in [9.17, 15) is 5.11 Å². The highest BCUT2D eigenvalue weighted by molar-refractivity contribution is 5.49. The Balaban J connectivity index is 1.61. The van der Waals surface area contributed by atoms with Crippen LogP contribution in [0.25, 0.3) is 0 Å². The molecule has 0 spiro atoms. The minimum Gasteiger partial charge on any atom is -0.490 e. The molecule has 200 valence electrons. The molecule has 0 amide bonds. The van der Waals surface area contributed by atoms with Gasteiger partial charge in [-0.25, -0.2) is 0 Å². The van der Waals surface area contributed by atoms with Crippen molar-refractivity contribution < 1.29 is 14.6 Å². The van der Waals surface area contributed by atoms with Crippen molar-refractivity contribution in [3.63, 3.8) is 0 Å². The Labute approximate surface area is 219 Å². The lowest BCUT2D eigenvalue weighted by Gasteiger charge is -2.30. The monoisotopic (exact) mass is 496 g/mol. The van der Waals surface area contributed by atoms with Crippen LogP contribution in [-0.4, -0.2) is 62.0 Å². The van der Waals surface area contributed by atoms with Crippen LogP contribution in [0, 0.1) is 0 Å². The molecule has 0 bridgehead atoms. The van der Waals surface area contributed by atoms with Crippen molar-refractivity contribution in [3.8, 4) is 11.5 Å². The van der Waals surface area contributed by atoms with Gasteiger partial charge in [0.25, 0.3) is 0 Å². The first kappa shape index (κ1) is 28.3. The van der Waals surface area contributed by atoms with Crippen molar-refractivity contribution in [1.82, 2.24) is 4.90 Å². The average molecular weight is 497 g/mol. The fourth-order valence-electron chi connectivity index (χ4n) is 5.12. The highest BCUT2D eigenvalue weighted by Gasteiger charge is 2.16. The van der Waals surface area contributed by atoms with E-state index in [0.29, 0.717) is 19.8 Å². The summed E-state index contributed by atoms with van der Waals surface area (Å²) < 4.78 is 11.5. The minimum absolute atomic E-state index is 0.392. The summed E-state index contributed by atoms with van der Waals surface area (Å²) in [5.41, 5.74) is 3.78. The van der Waals surface area contributed by atoms with Gasteiger partial charge in [0.05, 0.1) is 19.3 Å². The second-order valence-corrected chi connectivity index (χ2v) is 9.96. The van der Waals surface area contributed by atoms with E-state index in [1.165, 1.54) is 49.2 Å². The Morgan fingerprint density at radius 3 is 2.39 bits per heavy atom. The van der Waals surface area contributed by atoms with Crippen molar-refractivity contribution >= 4 is 5.69 Å². The van der Waals surface area contributed by atoms with Gasteiger partial charge in [0.1, 0.15) is 0 Å². The van der Waals surface area contributed by atoms with E-state index in [1.807, 2.05) is 19.9 Å². The zero-order valence-electron chi connectivity index (χ0n) is 22.9. The first-order valence-electron chi connectivity index (χ1n) is 14.3. The Morgan fingerprint density at radius 2 is 1.64 bits per heavy atom. The molecular weight excluding hydrogens is 448 g/mol. The van der Waals surface area contributed by atoms with Crippen LogP contribution in [0.3, 0.4) is 0 Å². The molecule has 0 radical (unpaired) electrons. The lowest BCUT2D eigenvalue weighted by molar-refractivity contribution is 0.169. The van der Waals surface area contributed by atoms with Gasteiger partial charge < -0.3 is 24.4 Å². The van der Waals surface area contributed by atoms with Crippen LogP contribution in [0.2, 0.25) is 0 Å². The first-order chi connectivity index (χ1) is 17.6. The van der Waals surface area contributed by atoms with Gasteiger partial charge in [0, 0.05) is 18.8 Å². The molecule has 0 aromatic heterocycles. The topological polar surface area (TPSA) is 45.2 Å². The molecule has 5 heteroatoms. The zero-order chi connectivity index (χ0) is 25.6. The molecule has 1 heterocycles. The molecule has 2 aromatic carbocycles. The predicted octanol–water partition coefficient (Wildman–Crippen LogP) is 6.11. The number of anilines is 1. The minimum atomic E-state index is -0.392. The number of ether oxygens (including phenoxy) is 2. The Hall–Kier alpha value is -2.24. The molecule has 0 saturated carbocycles. The van der Waals surface area contributed by atoms with Crippen molar-refractivity contribution in [3.05, 3.63) is 53.6 Å². The third kappa shape index (κ3) is 9.33. The van der Waals surface area contributed by atoms with E-state index < -0.39 is 6.10 Å². The summed E-state index contributed by atoms with van der Waals surface area (Å²) in [6.07, 6.45) is 8.54. The molecule has 1 aliphatic heterocycles. The number of benzene rings is 2. The second kappa shape index (κ2) is 15.8. The summed E-state index contributed by atoms with van der Waals surface area (Å²) in [5, 5.41) is 11.1. The van der Waals surface area contributed by atoms with Gasteiger partial charge >= 0.3 is 0 Å². The Bertz CT molecular complexity index is 882. The molecule has 2 aromatic rings. The molecule has 36 heavy (non-hydrogen) atoms. The van der Waals surface area contributed by atoms with Gasteiger partial charge in [0.15, 0.2) is 11.5 Å². The van der Waals surface area contributed by atoms with Gasteiger partial charge in [-0.3, -0.25) is 0 Å². The standard InChI is InChI=1S/C31H48N2O3/c1-4-12-26-13-10-14-28(23-26)33(22-11-21-32-19-8-7-9-20-32)25-29(34)17-15-27-16-18-30(35-5-2)31(24-27)36-6-3/h10,13-14,16,18,23-24,29,34H,4-9,11-12,15,17,19-22,25H2,1-3H3. The number of rotatable bonds is 16. The Kier molecular flexibility index (Phi) is 12.4. The van der Waals surface area contributed by atoms with Crippen LogP contribution in [0.4, 0.5) is 5.69 Å². The van der Waals surface area contributed by atoms with Gasteiger partial charge in [-0.2, -0.15) is 0 Å². The van der Waals surface area contributed by atoms with Crippen LogP contribution in [-0.2, 0) is 12.8 Å². The molecule has 1 unspecified atom stereocenters. The van der Waals surface area contributed by atoms with E-state index in [0.717, 1.165) is 56.7 Å². The third-order valence-corrected chi connectivity index (χ3v) is 6.97. The van der Waals surface area contributed by atoms with Gasteiger partial charge in [-0.15, -0.1) is 0 Å². The number of hydrogen-bond acceptors (Lipinski definition) is 5. The lowest BCUT2D eigenvalue weighted by Crippen LogP contribution is -2.36. The summed E-state index contributed by atoms with van der Waals surface area (Å²) in [5.74, 6) is 1.58. The molecule has 3 rings (SSSR count). The lowest BCUT2D eigenvalue weighted by atomic mass is 10.0. The average Bonchev–Trinajstić information content (AvgIpc) is 2.89. The second-order valence-electron chi connectivity index (χ2n) is 9.96. The maximum absolute atomic E-state index is 11.1. The maximum atomic E-state index is 11.1. The van der Waals surface area contributed by atoms with Crippen LogP contribution in [0.15, 0.2) is 42.5 Å². The summed E-state index contributed by atoms with van der Waals surface area (Å²) >= 11 is 0. The number of likely N-dealkylation sites (tertiary alicyclic amines) is 1. The van der Waals surface area contributed by atoms with Crippen molar-refractivity contribution in [2.45, 2.75) is 78.2 Å². The van der Waals surface area contributed by atoms with E-state index in [-0.39, 0.29) is 0 Å². The number of piperidine rings is 1. The molecule has 0 aliphatic carbocycles. The van der Waals surface area contributed by atoms with Crippen LogP contribution >= 0.6 is 0 Å². The van der Waals surface area contributed by atoms with Crippen molar-refractivity contribution in [2.75, 3.05) is 50.8 Å². The first-order valence-corrected chi connectivity index (χ1v) is 14.3. The molecule has 1 aliphatic rings. The van der Waals surface area contributed by atoms with E-state index in [1.54, 1.807) is 0 Å². The Morgan fingerprint density at radius 1 is 0.889 bits per heavy atom. The molecular formula is C31H48N2O3. The third-order valence-electron chi connectivity index (χ3n) is 6.97. The van der Waals surface area contributed by atoms with E-state index in [4.69, 9.17) is 9.47 Å². The number of aryl methyl sites for hydroxylation is 2. The summed E-state index contributed by atoms with van der Waals surface area (Å²) in [6.45, 7) is 12.7. The fourth-order valence-corrected chi connectivity index (χ4v) is 5.12. The summed E-state index contributed by atoms with van der Waals surface area (Å²) in [7, 11) is 0. The zero-order valence-corrected chi connectivity index (χ0v) is 22.9. The summed E-state index contributed by atoms with van der Waals surface area (Å²) in [6, 6.07) is 15.0. The number of aliphatic hydroxyl groups is 1. The predicted molar refractivity (Wildman–Crippen MR) is 151 cm³/mol. The van der Waals surface area contributed by atoms with Crippen molar-refractivity contribution in [2.24, 2.45) is 0 Å². The van der Waals surface area contributed by atoms with E-state index >= 15 is 0 Å². The number of nitrogens with zero attached hydrogens (tertiary/aromatic N) is 2. The number of hydrogen-bond donors (Lipinski definition) is 1. The molecule has 1 saturated heterocycles. The molecule has 1 N–H and O–H groups in total. The smallest absolute Gasteiger partial charge is 0.161 e. The largest absolute Gasteiger partial charge is 0.490 e. The van der Waals surface area contributed by atoms with Crippen LogP contribution in [0.1, 0.15) is 70.4 Å². The molecule has 1 atom stereocenters. The fraction of sp³-hybridized carbons (Fsp3) is 0.613. The highest BCUT2D eigenvalue weighted by Crippen LogP contribution is 2.29. The van der Waals surface area contributed by atoms with Gasteiger partial charge in [0.2, 0.25) is 0 Å². The number of aliphatic hydroxyl groups excluding tert-OH is 1. The molecule has 1 fully saturated rings. The molecule has 5 nitrogen and oxygen atoms in total. The quantitative estimate of drug-likeness (QED) is 0.304. The van der Waals surface area contributed by atoms with Crippen LogP contribution < -0.4 is 14.4 Å². The van der Waals surface area contributed by atoms with Crippen LogP contribution in [0.5, 0.6) is 11.5 Å². The van der Waals surface area contributed by atoms with Gasteiger partial charge in [-0.1, -0.05) is 38.0 Å². The van der Waals surface area contributed by atoms with E-state index in [2.05, 4.69) is 53.1 Å². The normalized spacial score (nSPS) is 15.0.